The summed E-state index contributed by atoms with van der Waals surface area (Å²) in [7, 11) is -3.55. The zero-order valence-corrected chi connectivity index (χ0v) is 16.7. The van der Waals surface area contributed by atoms with Crippen molar-refractivity contribution in [3.63, 3.8) is 0 Å². The van der Waals surface area contributed by atoms with E-state index in [1.165, 1.54) is 11.3 Å². The number of thiophene rings is 1. The van der Waals surface area contributed by atoms with Gasteiger partial charge in [-0.05, 0) is 38.3 Å². The quantitative estimate of drug-likeness (QED) is 0.625. The first-order chi connectivity index (χ1) is 13.1. The third kappa shape index (κ3) is 3.71. The van der Waals surface area contributed by atoms with Gasteiger partial charge in [0.05, 0.1) is 16.0 Å². The number of hydrogen-bond acceptors (Lipinski definition) is 6. The lowest BCUT2D eigenvalue weighted by atomic mass is 10.0. The largest absolute Gasteiger partial charge is 0.355 e. The number of aryl methyl sites for hydroxylation is 2. The van der Waals surface area contributed by atoms with Crippen LogP contribution >= 0.6 is 11.3 Å². The molecule has 4 rings (SSSR count). The summed E-state index contributed by atoms with van der Waals surface area (Å²) < 4.78 is 35.6. The van der Waals surface area contributed by atoms with Crippen molar-refractivity contribution in [1.82, 2.24) is 19.2 Å². The number of rotatable bonds is 6. The molecule has 0 bridgehead atoms. The highest BCUT2D eigenvalue weighted by Gasteiger charge is 2.35. The van der Waals surface area contributed by atoms with Crippen LogP contribution in [0, 0.1) is 6.92 Å². The van der Waals surface area contributed by atoms with Gasteiger partial charge in [-0.15, -0.1) is 11.3 Å². The van der Waals surface area contributed by atoms with E-state index < -0.39 is 10.0 Å². The fraction of sp³-hybridized carbons (Fsp3) is 0.444. The molecular formula is C18H22N4O3S2. The molecule has 0 radical (unpaired) electrons. The van der Waals surface area contributed by atoms with Gasteiger partial charge in [-0.2, -0.15) is 9.40 Å². The van der Waals surface area contributed by atoms with E-state index in [2.05, 4.69) is 10.3 Å². The SMILES string of the molecule is Cc1sc(-c2ccno2)cc1S(=O)(=O)N1CCCCC1CCn1cccn1. The zero-order valence-electron chi connectivity index (χ0n) is 15.1. The summed E-state index contributed by atoms with van der Waals surface area (Å²) in [5.41, 5.74) is 0. The van der Waals surface area contributed by atoms with Gasteiger partial charge in [-0.3, -0.25) is 4.68 Å². The molecule has 7 nitrogen and oxygen atoms in total. The smallest absolute Gasteiger partial charge is 0.244 e. The van der Waals surface area contributed by atoms with Crippen LogP contribution in [0.2, 0.25) is 0 Å². The molecule has 27 heavy (non-hydrogen) atoms. The van der Waals surface area contributed by atoms with E-state index in [4.69, 9.17) is 4.52 Å². The molecule has 1 atom stereocenters. The van der Waals surface area contributed by atoms with Crippen molar-refractivity contribution in [3.05, 3.63) is 41.7 Å². The van der Waals surface area contributed by atoms with Crippen molar-refractivity contribution in [1.29, 1.82) is 0 Å². The lowest BCUT2D eigenvalue weighted by Crippen LogP contribution is -2.44. The highest BCUT2D eigenvalue weighted by atomic mass is 32.2. The van der Waals surface area contributed by atoms with Gasteiger partial charge >= 0.3 is 0 Å². The second-order valence-electron chi connectivity index (χ2n) is 6.73. The van der Waals surface area contributed by atoms with Gasteiger partial charge in [0.1, 0.15) is 0 Å². The molecule has 1 fully saturated rings. The first-order valence-corrected chi connectivity index (χ1v) is 11.3. The number of piperidine rings is 1. The van der Waals surface area contributed by atoms with Crippen LogP contribution in [0.4, 0.5) is 0 Å². The lowest BCUT2D eigenvalue weighted by Gasteiger charge is -2.34. The second-order valence-corrected chi connectivity index (χ2v) is 9.85. The van der Waals surface area contributed by atoms with Crippen LogP contribution in [0.25, 0.3) is 10.6 Å². The first kappa shape index (κ1) is 18.4. The van der Waals surface area contributed by atoms with Gasteiger partial charge in [0.25, 0.3) is 0 Å². The maximum absolute atomic E-state index is 13.4. The van der Waals surface area contributed by atoms with Crippen molar-refractivity contribution in [2.45, 2.75) is 50.1 Å². The normalized spacial score (nSPS) is 18.8. The van der Waals surface area contributed by atoms with E-state index >= 15 is 0 Å². The van der Waals surface area contributed by atoms with Crippen LogP contribution in [0.1, 0.15) is 30.6 Å². The molecule has 3 aromatic rings. The van der Waals surface area contributed by atoms with Gasteiger partial charge < -0.3 is 4.52 Å². The van der Waals surface area contributed by atoms with Crippen LogP contribution in [-0.2, 0) is 16.6 Å². The Hall–Kier alpha value is -1.97. The second kappa shape index (κ2) is 7.57. The Balaban J connectivity index is 1.59. The Bertz CT molecular complexity index is 978. The minimum atomic E-state index is -3.55. The van der Waals surface area contributed by atoms with Crippen LogP contribution in [0.15, 0.2) is 46.2 Å². The zero-order chi connectivity index (χ0) is 18.9. The average molecular weight is 407 g/mol. The molecule has 4 heterocycles. The summed E-state index contributed by atoms with van der Waals surface area (Å²) in [6.07, 6.45) is 8.83. The fourth-order valence-corrected chi connectivity index (χ4v) is 6.85. The molecule has 9 heteroatoms. The topological polar surface area (TPSA) is 81.2 Å². The maximum atomic E-state index is 13.4. The molecule has 1 aliphatic rings. The van der Waals surface area contributed by atoms with Crippen LogP contribution in [-0.4, -0.2) is 40.2 Å². The standard InChI is InChI=1S/C18H22N4O3S2/c1-14-18(13-17(26-14)16-6-9-20-25-16)27(23,24)22-11-3-2-5-15(22)7-12-21-10-4-8-19-21/h4,6,8-10,13,15H,2-3,5,7,11-12H2,1H3. The van der Waals surface area contributed by atoms with Gasteiger partial charge in [0, 0.05) is 42.5 Å². The fourth-order valence-electron chi connectivity index (χ4n) is 3.61. The molecular weight excluding hydrogens is 384 g/mol. The van der Waals surface area contributed by atoms with E-state index in [1.54, 1.807) is 28.8 Å². The highest BCUT2D eigenvalue weighted by molar-refractivity contribution is 7.89. The minimum absolute atomic E-state index is 0.000907. The summed E-state index contributed by atoms with van der Waals surface area (Å²) in [5.74, 6) is 0.596. The van der Waals surface area contributed by atoms with E-state index in [9.17, 15) is 8.42 Å². The summed E-state index contributed by atoms with van der Waals surface area (Å²) in [6.45, 7) is 3.13. The monoisotopic (exact) mass is 406 g/mol. The van der Waals surface area contributed by atoms with Crippen LogP contribution < -0.4 is 0 Å². The van der Waals surface area contributed by atoms with Crippen molar-refractivity contribution in [2.75, 3.05) is 6.54 Å². The van der Waals surface area contributed by atoms with E-state index in [0.717, 1.165) is 42.0 Å². The van der Waals surface area contributed by atoms with Crippen molar-refractivity contribution >= 4 is 21.4 Å². The van der Waals surface area contributed by atoms with E-state index in [0.29, 0.717) is 17.2 Å². The van der Waals surface area contributed by atoms with Gasteiger partial charge in [0.2, 0.25) is 10.0 Å². The molecule has 0 aromatic carbocycles. The van der Waals surface area contributed by atoms with Crippen molar-refractivity contribution in [2.24, 2.45) is 0 Å². The predicted octanol–water partition coefficient (Wildman–Crippen LogP) is 3.54. The molecule has 0 amide bonds. The summed E-state index contributed by atoms with van der Waals surface area (Å²) in [6, 6.07) is 5.35. The molecule has 144 valence electrons. The maximum Gasteiger partial charge on any atom is 0.244 e. The van der Waals surface area contributed by atoms with Crippen molar-refractivity contribution in [3.8, 4) is 10.6 Å². The van der Waals surface area contributed by atoms with Gasteiger partial charge in [-0.1, -0.05) is 11.6 Å². The summed E-state index contributed by atoms with van der Waals surface area (Å²) >= 11 is 1.42. The third-order valence-corrected chi connectivity index (χ3v) is 8.24. The molecule has 0 aliphatic carbocycles. The Morgan fingerprint density at radius 3 is 2.96 bits per heavy atom. The van der Waals surface area contributed by atoms with Crippen molar-refractivity contribution < 1.29 is 12.9 Å². The van der Waals surface area contributed by atoms with Crippen LogP contribution in [0.3, 0.4) is 0 Å². The Kier molecular flexibility index (Phi) is 5.16. The number of sulfonamides is 1. The molecule has 0 N–H and O–H groups in total. The number of nitrogens with zero attached hydrogens (tertiary/aromatic N) is 4. The Labute approximate surface area is 162 Å². The first-order valence-electron chi connectivity index (χ1n) is 9.06. The summed E-state index contributed by atoms with van der Waals surface area (Å²) in [5, 5.41) is 7.94. The van der Waals surface area contributed by atoms with Gasteiger partial charge in [0.15, 0.2) is 5.76 Å². The lowest BCUT2D eigenvalue weighted by molar-refractivity contribution is 0.231. The highest BCUT2D eigenvalue weighted by Crippen LogP contribution is 2.36. The van der Waals surface area contributed by atoms with Gasteiger partial charge in [-0.25, -0.2) is 8.42 Å². The number of aromatic nitrogens is 3. The molecule has 0 spiro atoms. The van der Waals surface area contributed by atoms with Crippen LogP contribution in [0.5, 0.6) is 0 Å². The molecule has 1 aliphatic heterocycles. The molecule has 3 aromatic heterocycles. The predicted molar refractivity (Wildman–Crippen MR) is 103 cm³/mol. The molecule has 0 saturated carbocycles. The Morgan fingerprint density at radius 2 is 2.22 bits per heavy atom. The summed E-state index contributed by atoms with van der Waals surface area (Å²) in [4.78, 5) is 1.94. The third-order valence-electron chi connectivity index (χ3n) is 4.96. The minimum Gasteiger partial charge on any atom is -0.355 e. The number of hydrogen-bond donors (Lipinski definition) is 0. The Morgan fingerprint density at radius 1 is 1.33 bits per heavy atom. The van der Waals surface area contributed by atoms with E-state index in [1.807, 2.05) is 23.9 Å². The molecule has 1 saturated heterocycles. The molecule has 1 unspecified atom stereocenters. The van der Waals surface area contributed by atoms with E-state index in [-0.39, 0.29) is 6.04 Å². The average Bonchev–Trinajstić information content (AvgIpc) is 3.41.